The van der Waals surface area contributed by atoms with E-state index < -0.39 is 17.8 Å². The molecule has 0 aliphatic carbocycles. The zero-order valence-corrected chi connectivity index (χ0v) is 10.9. The van der Waals surface area contributed by atoms with Crippen LogP contribution in [0.3, 0.4) is 0 Å². The van der Waals surface area contributed by atoms with Gasteiger partial charge < -0.3 is 11.1 Å². The number of halogens is 2. The fraction of sp³-hybridized carbons (Fsp3) is 0.200. The number of amides is 2. The van der Waals surface area contributed by atoms with E-state index in [1.807, 2.05) is 0 Å². The first kappa shape index (κ1) is 13.4. The minimum Gasteiger partial charge on any atom is -0.369 e. The molecule has 0 spiro atoms. The van der Waals surface area contributed by atoms with Crippen LogP contribution in [0.15, 0.2) is 16.6 Å². The van der Waals surface area contributed by atoms with Crippen LogP contribution in [0.2, 0.25) is 0 Å². The molecule has 1 aromatic rings. The molecule has 2 amide bonds. The van der Waals surface area contributed by atoms with E-state index in [1.54, 1.807) is 6.92 Å². The second-order valence-electron chi connectivity index (χ2n) is 3.33. The normalized spacial score (nSPS) is 9.88. The van der Waals surface area contributed by atoms with Crippen LogP contribution in [0.1, 0.15) is 5.56 Å². The van der Waals surface area contributed by atoms with Crippen molar-refractivity contribution in [3.8, 4) is 0 Å². The van der Waals surface area contributed by atoms with Crippen molar-refractivity contribution < 1.29 is 9.18 Å². The standard InChI is InChI=1S/C10H12BrFN4O/c1-5-3-6(12)4-7(11)8(5)16(9(13)14)10(17)15-2/h3-4H,1-2H3,(H3,13,14)(H,15,17). The molecule has 7 heteroatoms. The summed E-state index contributed by atoms with van der Waals surface area (Å²) in [6.45, 7) is 1.63. The maximum Gasteiger partial charge on any atom is 0.328 e. The minimum absolute atomic E-state index is 0.346. The highest BCUT2D eigenvalue weighted by Crippen LogP contribution is 2.31. The zero-order valence-electron chi connectivity index (χ0n) is 9.34. The van der Waals surface area contributed by atoms with Crippen LogP contribution in [-0.4, -0.2) is 19.0 Å². The highest BCUT2D eigenvalue weighted by atomic mass is 79.9. The SMILES string of the molecule is CNC(=O)N(C(=N)N)c1c(C)cc(F)cc1Br. The van der Waals surface area contributed by atoms with Gasteiger partial charge in [0.15, 0.2) is 0 Å². The molecule has 17 heavy (non-hydrogen) atoms. The molecule has 0 radical (unpaired) electrons. The number of rotatable bonds is 1. The van der Waals surface area contributed by atoms with Crippen molar-refractivity contribution in [3.63, 3.8) is 0 Å². The van der Waals surface area contributed by atoms with Gasteiger partial charge in [0.05, 0.1) is 5.69 Å². The summed E-state index contributed by atoms with van der Waals surface area (Å²) in [4.78, 5) is 12.6. The van der Waals surface area contributed by atoms with Crippen LogP contribution in [0, 0.1) is 18.2 Å². The highest BCUT2D eigenvalue weighted by molar-refractivity contribution is 9.10. The summed E-state index contributed by atoms with van der Waals surface area (Å²) < 4.78 is 13.5. The number of guanidine groups is 1. The predicted octanol–water partition coefficient (Wildman–Crippen LogP) is 1.94. The average Bonchev–Trinajstić information content (AvgIpc) is 2.21. The first-order chi connectivity index (χ1) is 7.88. The van der Waals surface area contributed by atoms with Crippen molar-refractivity contribution in [2.24, 2.45) is 5.73 Å². The number of aryl methyl sites for hydroxylation is 1. The summed E-state index contributed by atoms with van der Waals surface area (Å²) in [6.07, 6.45) is 0. The van der Waals surface area contributed by atoms with E-state index in [0.717, 1.165) is 4.90 Å². The van der Waals surface area contributed by atoms with Crippen molar-refractivity contribution in [1.29, 1.82) is 5.41 Å². The molecule has 0 aliphatic heterocycles. The summed E-state index contributed by atoms with van der Waals surface area (Å²) in [6, 6.07) is 1.91. The number of urea groups is 1. The van der Waals surface area contributed by atoms with Gasteiger partial charge in [-0.15, -0.1) is 0 Å². The van der Waals surface area contributed by atoms with Crippen molar-refractivity contribution in [1.82, 2.24) is 5.32 Å². The third kappa shape index (κ3) is 2.73. The largest absolute Gasteiger partial charge is 0.369 e. The minimum atomic E-state index is -0.562. The number of benzene rings is 1. The van der Waals surface area contributed by atoms with Gasteiger partial charge in [-0.05, 0) is 40.5 Å². The van der Waals surface area contributed by atoms with Gasteiger partial charge in [0, 0.05) is 11.5 Å². The smallest absolute Gasteiger partial charge is 0.328 e. The quantitative estimate of drug-likeness (QED) is 0.547. The van der Waals surface area contributed by atoms with E-state index in [4.69, 9.17) is 11.1 Å². The Bertz CT molecular complexity index is 454. The molecule has 0 saturated carbocycles. The van der Waals surface area contributed by atoms with Gasteiger partial charge in [-0.2, -0.15) is 0 Å². The van der Waals surface area contributed by atoms with Gasteiger partial charge in [-0.3, -0.25) is 5.41 Å². The van der Waals surface area contributed by atoms with E-state index in [1.165, 1.54) is 19.2 Å². The Labute approximate surface area is 106 Å². The first-order valence-electron chi connectivity index (χ1n) is 4.70. The van der Waals surface area contributed by atoms with Crippen molar-refractivity contribution >= 4 is 33.6 Å². The predicted molar refractivity (Wildman–Crippen MR) is 67.7 cm³/mol. The molecule has 5 nitrogen and oxygen atoms in total. The Hall–Kier alpha value is -1.63. The van der Waals surface area contributed by atoms with Gasteiger partial charge in [-0.1, -0.05) is 0 Å². The summed E-state index contributed by atoms with van der Waals surface area (Å²) in [5, 5.41) is 9.76. The second-order valence-corrected chi connectivity index (χ2v) is 4.18. The fourth-order valence-corrected chi connectivity index (χ4v) is 2.13. The summed E-state index contributed by atoms with van der Waals surface area (Å²) in [5.74, 6) is -0.877. The average molecular weight is 303 g/mol. The molecule has 0 unspecified atom stereocenters. The van der Waals surface area contributed by atoms with Crippen molar-refractivity contribution in [2.75, 3.05) is 11.9 Å². The summed E-state index contributed by atoms with van der Waals surface area (Å²) in [7, 11) is 1.42. The summed E-state index contributed by atoms with van der Waals surface area (Å²) >= 11 is 3.15. The molecule has 0 fully saturated rings. The Morgan fingerprint density at radius 1 is 1.59 bits per heavy atom. The number of nitrogens with one attached hydrogen (secondary N) is 2. The van der Waals surface area contributed by atoms with Crippen molar-refractivity contribution in [2.45, 2.75) is 6.92 Å². The van der Waals surface area contributed by atoms with Gasteiger partial charge in [-0.25, -0.2) is 14.1 Å². The number of nitrogens with zero attached hydrogens (tertiary/aromatic N) is 1. The van der Waals surface area contributed by atoms with Crippen LogP contribution < -0.4 is 16.0 Å². The van der Waals surface area contributed by atoms with Crippen molar-refractivity contribution in [3.05, 3.63) is 28.0 Å². The molecule has 92 valence electrons. The molecule has 0 heterocycles. The van der Waals surface area contributed by atoms with Crippen LogP contribution in [0.4, 0.5) is 14.9 Å². The van der Waals surface area contributed by atoms with E-state index >= 15 is 0 Å². The lowest BCUT2D eigenvalue weighted by molar-refractivity contribution is 0.251. The van der Waals surface area contributed by atoms with Crippen LogP contribution in [0.5, 0.6) is 0 Å². The molecule has 0 aliphatic rings. The Balaban J connectivity index is 3.38. The topological polar surface area (TPSA) is 82.2 Å². The number of hydrogen-bond acceptors (Lipinski definition) is 2. The zero-order chi connectivity index (χ0) is 13.2. The molecule has 1 rings (SSSR count). The van der Waals surface area contributed by atoms with Gasteiger partial charge in [0.1, 0.15) is 5.82 Å². The molecule has 4 N–H and O–H groups in total. The van der Waals surface area contributed by atoms with Gasteiger partial charge in [0.2, 0.25) is 5.96 Å². The maximum absolute atomic E-state index is 13.1. The molecular weight excluding hydrogens is 291 g/mol. The highest BCUT2D eigenvalue weighted by Gasteiger charge is 2.22. The fourth-order valence-electron chi connectivity index (χ4n) is 1.42. The van der Waals surface area contributed by atoms with E-state index in [-0.39, 0.29) is 0 Å². The first-order valence-corrected chi connectivity index (χ1v) is 5.49. The lowest BCUT2D eigenvalue weighted by Gasteiger charge is -2.23. The lowest BCUT2D eigenvalue weighted by Crippen LogP contribution is -2.46. The summed E-state index contributed by atoms with van der Waals surface area (Å²) in [5.41, 5.74) is 6.20. The second kappa shape index (κ2) is 5.13. The number of carbonyl (C=O) groups is 1. The van der Waals surface area contributed by atoms with E-state index in [9.17, 15) is 9.18 Å². The van der Waals surface area contributed by atoms with Crippen LogP contribution in [-0.2, 0) is 0 Å². The Morgan fingerprint density at radius 2 is 2.18 bits per heavy atom. The molecule has 0 atom stereocenters. The van der Waals surface area contributed by atoms with Gasteiger partial charge in [0.25, 0.3) is 0 Å². The lowest BCUT2D eigenvalue weighted by atomic mass is 10.2. The maximum atomic E-state index is 13.1. The molecule has 0 bridgehead atoms. The monoisotopic (exact) mass is 302 g/mol. The van der Waals surface area contributed by atoms with E-state index in [2.05, 4.69) is 21.2 Å². The number of hydrogen-bond donors (Lipinski definition) is 3. The van der Waals surface area contributed by atoms with Gasteiger partial charge >= 0.3 is 6.03 Å². The molecule has 1 aromatic carbocycles. The number of nitrogens with two attached hydrogens (primary N) is 1. The molecule has 0 aromatic heterocycles. The Morgan fingerprint density at radius 3 is 2.59 bits per heavy atom. The third-order valence-electron chi connectivity index (χ3n) is 2.10. The third-order valence-corrected chi connectivity index (χ3v) is 2.70. The van der Waals surface area contributed by atoms with Crippen LogP contribution in [0.25, 0.3) is 0 Å². The van der Waals surface area contributed by atoms with Crippen LogP contribution >= 0.6 is 15.9 Å². The number of carbonyl (C=O) groups excluding carboxylic acids is 1. The molecular formula is C10H12BrFN4O. The Kier molecular flexibility index (Phi) is 4.06. The number of anilines is 1. The molecule has 0 saturated heterocycles. The van der Waals surface area contributed by atoms with E-state index in [0.29, 0.717) is 15.7 Å².